The van der Waals surface area contributed by atoms with Gasteiger partial charge in [-0.1, -0.05) is 0 Å². The first kappa shape index (κ1) is 15.7. The van der Waals surface area contributed by atoms with Crippen LogP contribution < -0.4 is 11.1 Å². The highest BCUT2D eigenvalue weighted by Gasteiger charge is 2.43. The second-order valence-corrected chi connectivity index (χ2v) is 5.00. The van der Waals surface area contributed by atoms with Gasteiger partial charge in [0.1, 0.15) is 18.3 Å². The number of fused-ring (bicyclic) bond motifs is 1. The van der Waals surface area contributed by atoms with Gasteiger partial charge < -0.3 is 25.0 Å². The molecule has 4 N–H and O–H groups in total. The van der Waals surface area contributed by atoms with Crippen molar-refractivity contribution in [1.29, 1.82) is 0 Å². The minimum atomic E-state index is -1.68. The molecule has 124 valence electrons. The van der Waals surface area contributed by atoms with Gasteiger partial charge in [0.05, 0.1) is 12.0 Å². The molecule has 2 aromatic rings. The molecule has 0 aromatic carbocycles. The molecule has 0 amide bonds. The van der Waals surface area contributed by atoms with Gasteiger partial charge in [-0.15, -0.1) is 0 Å². The third-order valence-electron chi connectivity index (χ3n) is 3.61. The number of aromatic nitrogens is 3. The SMILES string of the molecule is O=c1c(F)c(F)[nH]c2nc(=O)n([C@@H]3O[C@H](CO)C(O)C3O)cc12. The van der Waals surface area contributed by atoms with Crippen LogP contribution in [0, 0.1) is 11.8 Å². The summed E-state index contributed by atoms with van der Waals surface area (Å²) in [6.45, 7) is -0.620. The highest BCUT2D eigenvalue weighted by molar-refractivity contribution is 5.72. The fourth-order valence-corrected chi connectivity index (χ4v) is 2.40. The summed E-state index contributed by atoms with van der Waals surface area (Å²) in [5.74, 6) is -3.23. The van der Waals surface area contributed by atoms with Crippen LogP contribution >= 0.6 is 0 Å². The van der Waals surface area contributed by atoms with Crippen LogP contribution in [0.5, 0.6) is 0 Å². The number of nitrogens with one attached hydrogen (secondary N) is 1. The van der Waals surface area contributed by atoms with Crippen molar-refractivity contribution in [2.45, 2.75) is 24.5 Å². The lowest BCUT2D eigenvalue weighted by molar-refractivity contribution is -0.0547. The van der Waals surface area contributed by atoms with Crippen LogP contribution in [-0.2, 0) is 4.74 Å². The second-order valence-electron chi connectivity index (χ2n) is 5.00. The molecule has 1 aliphatic rings. The number of aliphatic hydroxyl groups excluding tert-OH is 3. The number of hydrogen-bond acceptors (Lipinski definition) is 7. The first-order valence-corrected chi connectivity index (χ1v) is 6.47. The highest BCUT2D eigenvalue weighted by atomic mass is 19.2. The summed E-state index contributed by atoms with van der Waals surface area (Å²) in [5, 5.41) is 28.1. The summed E-state index contributed by atoms with van der Waals surface area (Å²) >= 11 is 0. The van der Waals surface area contributed by atoms with Crippen LogP contribution in [0.2, 0.25) is 0 Å². The van der Waals surface area contributed by atoms with Gasteiger partial charge in [0.15, 0.2) is 11.9 Å². The molecule has 0 spiro atoms. The lowest BCUT2D eigenvalue weighted by Gasteiger charge is -2.17. The number of halogens is 2. The van der Waals surface area contributed by atoms with Crippen molar-refractivity contribution in [3.8, 4) is 0 Å². The van der Waals surface area contributed by atoms with E-state index in [2.05, 4.69) is 4.98 Å². The zero-order valence-electron chi connectivity index (χ0n) is 11.3. The zero-order valence-corrected chi connectivity index (χ0v) is 11.3. The summed E-state index contributed by atoms with van der Waals surface area (Å²) in [6.07, 6.45) is -4.82. The molecule has 3 heterocycles. The molecule has 2 unspecified atom stereocenters. The summed E-state index contributed by atoms with van der Waals surface area (Å²) in [6, 6.07) is 0. The topological polar surface area (TPSA) is 138 Å². The number of hydrogen-bond donors (Lipinski definition) is 4. The molecule has 9 nitrogen and oxygen atoms in total. The summed E-state index contributed by atoms with van der Waals surface area (Å²) in [4.78, 5) is 28.9. The van der Waals surface area contributed by atoms with Crippen LogP contribution in [-0.4, -0.2) is 54.8 Å². The van der Waals surface area contributed by atoms with E-state index in [1.54, 1.807) is 0 Å². The first-order chi connectivity index (χ1) is 10.8. The van der Waals surface area contributed by atoms with E-state index < -0.39 is 65.1 Å². The van der Waals surface area contributed by atoms with Gasteiger partial charge in [0.2, 0.25) is 17.2 Å². The van der Waals surface area contributed by atoms with Crippen LogP contribution in [0.4, 0.5) is 8.78 Å². The predicted molar refractivity (Wildman–Crippen MR) is 69.5 cm³/mol. The fraction of sp³-hybridized carbons (Fsp3) is 0.417. The fourth-order valence-electron chi connectivity index (χ4n) is 2.40. The van der Waals surface area contributed by atoms with Crippen molar-refractivity contribution >= 4 is 11.0 Å². The van der Waals surface area contributed by atoms with Crippen LogP contribution in [0.15, 0.2) is 15.8 Å². The van der Waals surface area contributed by atoms with Crippen molar-refractivity contribution in [3.05, 3.63) is 38.7 Å². The Balaban J connectivity index is 2.18. The predicted octanol–water partition coefficient (Wildman–Crippen LogP) is -2.03. The van der Waals surface area contributed by atoms with E-state index in [-0.39, 0.29) is 0 Å². The molecular formula is C12H11F2N3O6. The monoisotopic (exact) mass is 331 g/mol. The number of nitrogens with zero attached hydrogens (tertiary/aromatic N) is 2. The molecule has 11 heteroatoms. The minimum absolute atomic E-state index is 0.443. The van der Waals surface area contributed by atoms with E-state index in [1.165, 1.54) is 0 Å². The van der Waals surface area contributed by atoms with Crippen molar-refractivity contribution < 1.29 is 28.8 Å². The average Bonchev–Trinajstić information content (AvgIpc) is 2.80. The molecule has 4 atom stereocenters. The molecule has 1 fully saturated rings. The molecule has 3 rings (SSSR count). The molecule has 0 aliphatic carbocycles. The van der Waals surface area contributed by atoms with Gasteiger partial charge in [-0.3, -0.25) is 9.36 Å². The van der Waals surface area contributed by atoms with Gasteiger partial charge in [-0.05, 0) is 0 Å². The second kappa shape index (κ2) is 5.45. The Morgan fingerprint density at radius 2 is 2.00 bits per heavy atom. The maximum absolute atomic E-state index is 13.3. The third-order valence-corrected chi connectivity index (χ3v) is 3.61. The Morgan fingerprint density at radius 3 is 2.61 bits per heavy atom. The normalized spacial score (nSPS) is 27.7. The van der Waals surface area contributed by atoms with Gasteiger partial charge in [-0.2, -0.15) is 13.8 Å². The number of aliphatic hydroxyl groups is 3. The lowest BCUT2D eigenvalue weighted by Crippen LogP contribution is -2.36. The van der Waals surface area contributed by atoms with Crippen molar-refractivity contribution in [2.24, 2.45) is 0 Å². The van der Waals surface area contributed by atoms with Crippen LogP contribution in [0.25, 0.3) is 11.0 Å². The summed E-state index contributed by atoms with van der Waals surface area (Å²) in [7, 11) is 0. The Labute approximate surface area is 125 Å². The quantitative estimate of drug-likeness (QED) is 0.466. The van der Waals surface area contributed by atoms with Crippen molar-refractivity contribution in [3.63, 3.8) is 0 Å². The smallest absolute Gasteiger partial charge is 0.351 e. The summed E-state index contributed by atoms with van der Waals surface area (Å²) < 4.78 is 32.3. The Hall–Kier alpha value is -2.21. The maximum atomic E-state index is 13.3. The largest absolute Gasteiger partial charge is 0.394 e. The molecule has 0 bridgehead atoms. The maximum Gasteiger partial charge on any atom is 0.351 e. The number of rotatable bonds is 2. The number of aromatic amines is 1. The van der Waals surface area contributed by atoms with Crippen LogP contribution in [0.3, 0.4) is 0 Å². The zero-order chi connectivity index (χ0) is 16.9. The van der Waals surface area contributed by atoms with Crippen LogP contribution in [0.1, 0.15) is 6.23 Å². The molecule has 23 heavy (non-hydrogen) atoms. The third kappa shape index (κ3) is 2.34. The molecule has 1 saturated heterocycles. The molecule has 2 aromatic heterocycles. The van der Waals surface area contributed by atoms with E-state index in [9.17, 15) is 28.6 Å². The number of ether oxygens (including phenoxy) is 1. The molecule has 0 radical (unpaired) electrons. The Bertz CT molecular complexity index is 881. The lowest BCUT2D eigenvalue weighted by atomic mass is 10.1. The highest BCUT2D eigenvalue weighted by Crippen LogP contribution is 2.28. The minimum Gasteiger partial charge on any atom is -0.394 e. The van der Waals surface area contributed by atoms with Gasteiger partial charge >= 0.3 is 5.69 Å². The average molecular weight is 331 g/mol. The Kier molecular flexibility index (Phi) is 3.72. The van der Waals surface area contributed by atoms with Gasteiger partial charge in [-0.25, -0.2) is 4.79 Å². The molecular weight excluding hydrogens is 320 g/mol. The van der Waals surface area contributed by atoms with Gasteiger partial charge in [0.25, 0.3) is 0 Å². The van der Waals surface area contributed by atoms with Crippen molar-refractivity contribution in [2.75, 3.05) is 6.61 Å². The molecule has 1 aliphatic heterocycles. The van der Waals surface area contributed by atoms with E-state index >= 15 is 0 Å². The standard InChI is InChI=1S/C12H11F2N3O6/c13-5-6(19)3-1-17(12(22)16-10(3)15-9(5)14)11-8(21)7(20)4(2-18)23-11/h1,4,7-8,11,18,20-21H,2H2,(H,15,16,22)/t4-,7?,8?,11-/m1/s1. The van der Waals surface area contributed by atoms with Gasteiger partial charge in [0, 0.05) is 6.20 Å². The van der Waals surface area contributed by atoms with E-state index in [4.69, 9.17) is 9.84 Å². The number of H-pyrrole nitrogens is 1. The van der Waals surface area contributed by atoms with E-state index in [0.717, 1.165) is 6.20 Å². The Morgan fingerprint density at radius 1 is 1.30 bits per heavy atom. The first-order valence-electron chi connectivity index (χ1n) is 6.47. The summed E-state index contributed by atoms with van der Waals surface area (Å²) in [5.41, 5.74) is -2.83. The van der Waals surface area contributed by atoms with E-state index in [0.29, 0.717) is 4.57 Å². The molecule has 0 saturated carbocycles. The van der Waals surface area contributed by atoms with E-state index in [1.807, 2.05) is 4.98 Å². The van der Waals surface area contributed by atoms with Crippen molar-refractivity contribution in [1.82, 2.24) is 14.5 Å². The number of pyridine rings is 1.